The minimum atomic E-state index is -0.471. The number of hydrogen-bond acceptors (Lipinski definition) is 6. The number of rotatable bonds is 5. The molecule has 2 aliphatic heterocycles. The predicted molar refractivity (Wildman–Crippen MR) is 98.7 cm³/mol. The maximum absolute atomic E-state index is 12.3. The number of guanidine groups is 1. The van der Waals surface area contributed by atoms with Crippen molar-refractivity contribution in [1.29, 1.82) is 0 Å². The van der Waals surface area contributed by atoms with E-state index in [1.165, 1.54) is 0 Å². The fourth-order valence-electron chi connectivity index (χ4n) is 3.27. The lowest BCUT2D eigenvalue weighted by Gasteiger charge is -2.40. The summed E-state index contributed by atoms with van der Waals surface area (Å²) < 4.78 is 5.48. The Balaban J connectivity index is 1.89. The van der Waals surface area contributed by atoms with E-state index in [9.17, 15) is 9.90 Å². The van der Waals surface area contributed by atoms with Gasteiger partial charge in [0.05, 0.1) is 19.2 Å². The number of carbonyl (C=O) groups excluding carboxylic acids is 1. The Bertz CT molecular complexity index is 489. The first kappa shape index (κ1) is 19.8. The Kier molecular flexibility index (Phi) is 6.19. The summed E-state index contributed by atoms with van der Waals surface area (Å²) in [5, 5.41) is 13.2. The molecule has 2 heterocycles. The van der Waals surface area contributed by atoms with E-state index in [-0.39, 0.29) is 24.2 Å². The van der Waals surface area contributed by atoms with Crippen molar-refractivity contribution in [3.63, 3.8) is 0 Å². The fourth-order valence-corrected chi connectivity index (χ4v) is 3.27. The number of aliphatic imine (C=N–C) groups is 1. The first-order valence-corrected chi connectivity index (χ1v) is 9.37. The van der Waals surface area contributed by atoms with Crippen molar-refractivity contribution >= 4 is 12.1 Å². The topological polar surface area (TPSA) is 77.4 Å². The number of hydrogen-bond donors (Lipinski definition) is 2. The maximum atomic E-state index is 12.3. The van der Waals surface area contributed by atoms with Gasteiger partial charge >= 0.3 is 6.09 Å². The van der Waals surface area contributed by atoms with Gasteiger partial charge in [0, 0.05) is 31.6 Å². The van der Waals surface area contributed by atoms with Crippen LogP contribution in [0.1, 0.15) is 47.5 Å². The van der Waals surface area contributed by atoms with E-state index >= 15 is 0 Å². The largest absolute Gasteiger partial charge is 0.444 e. The van der Waals surface area contributed by atoms with Crippen molar-refractivity contribution in [2.24, 2.45) is 10.4 Å². The average Bonchev–Trinajstić information content (AvgIpc) is 2.97. The van der Waals surface area contributed by atoms with E-state index in [0.717, 1.165) is 25.3 Å². The van der Waals surface area contributed by atoms with Gasteiger partial charge < -0.3 is 25.0 Å². The molecular weight excluding hydrogens is 320 g/mol. The molecule has 1 unspecified atom stereocenters. The number of nitrogens with one attached hydrogen (secondary N) is 1. The van der Waals surface area contributed by atoms with Gasteiger partial charge in [-0.05, 0) is 33.6 Å². The molecule has 0 saturated carbocycles. The molecule has 144 valence electrons. The van der Waals surface area contributed by atoms with Crippen LogP contribution in [0.3, 0.4) is 0 Å². The molecule has 7 nitrogen and oxygen atoms in total. The van der Waals surface area contributed by atoms with E-state index in [2.05, 4.69) is 29.1 Å². The molecule has 0 spiro atoms. The van der Waals surface area contributed by atoms with Crippen LogP contribution in [0.25, 0.3) is 0 Å². The second kappa shape index (κ2) is 7.81. The van der Waals surface area contributed by atoms with Gasteiger partial charge in [-0.15, -0.1) is 0 Å². The number of aliphatic hydroxyl groups is 1. The van der Waals surface area contributed by atoms with Gasteiger partial charge in [0.15, 0.2) is 5.96 Å². The molecule has 2 aliphatic rings. The zero-order valence-corrected chi connectivity index (χ0v) is 16.3. The fraction of sp³-hybridized carbons (Fsp3) is 0.889. The van der Waals surface area contributed by atoms with Crippen LogP contribution in [-0.4, -0.2) is 77.9 Å². The molecule has 2 rings (SSSR count). The Morgan fingerprint density at radius 1 is 1.32 bits per heavy atom. The van der Waals surface area contributed by atoms with Crippen LogP contribution in [-0.2, 0) is 4.74 Å². The molecule has 0 aliphatic carbocycles. The number of amides is 1. The molecule has 0 aromatic carbocycles. The highest BCUT2D eigenvalue weighted by Crippen LogP contribution is 2.25. The quantitative estimate of drug-likeness (QED) is 0.785. The first-order valence-electron chi connectivity index (χ1n) is 9.37. The van der Waals surface area contributed by atoms with Crippen LogP contribution in [0.4, 0.5) is 4.79 Å². The van der Waals surface area contributed by atoms with Gasteiger partial charge in [0.25, 0.3) is 0 Å². The van der Waals surface area contributed by atoms with Crippen molar-refractivity contribution in [3.8, 4) is 0 Å². The number of aliphatic hydroxyl groups excluding tert-OH is 1. The van der Waals surface area contributed by atoms with Gasteiger partial charge in [0.2, 0.25) is 0 Å². The predicted octanol–water partition coefficient (Wildman–Crippen LogP) is 1.67. The van der Waals surface area contributed by atoms with E-state index in [1.807, 2.05) is 20.8 Å². The molecule has 1 saturated heterocycles. The maximum Gasteiger partial charge on any atom is 0.410 e. The number of nitrogens with zero attached hydrogens (tertiary/aromatic N) is 3. The summed E-state index contributed by atoms with van der Waals surface area (Å²) >= 11 is 0. The first-order chi connectivity index (χ1) is 11.7. The molecule has 0 radical (unpaired) electrons. The highest BCUT2D eigenvalue weighted by Gasteiger charge is 2.37. The summed E-state index contributed by atoms with van der Waals surface area (Å²) in [5.41, 5.74) is -0.569. The van der Waals surface area contributed by atoms with Crippen LogP contribution in [0.2, 0.25) is 0 Å². The van der Waals surface area contributed by atoms with Crippen molar-refractivity contribution in [2.45, 2.75) is 59.1 Å². The van der Waals surface area contributed by atoms with Crippen LogP contribution in [0, 0.1) is 5.41 Å². The molecule has 0 aromatic heterocycles. The molecule has 2 N–H and O–H groups in total. The summed E-state index contributed by atoms with van der Waals surface area (Å²) in [4.78, 5) is 20.9. The molecular formula is C18H34N4O3. The Morgan fingerprint density at radius 2 is 2.00 bits per heavy atom. The van der Waals surface area contributed by atoms with Gasteiger partial charge in [-0.1, -0.05) is 13.8 Å². The number of carbonyl (C=O) groups is 1. The summed E-state index contributed by atoms with van der Waals surface area (Å²) in [5.74, 6) is 0.897. The average molecular weight is 354 g/mol. The molecule has 7 heteroatoms. The summed E-state index contributed by atoms with van der Waals surface area (Å²) in [6.07, 6.45) is 1.61. The van der Waals surface area contributed by atoms with E-state index in [0.29, 0.717) is 26.2 Å². The second-order valence-electron chi connectivity index (χ2n) is 8.16. The van der Waals surface area contributed by atoms with Gasteiger partial charge in [0.1, 0.15) is 5.60 Å². The number of fused-ring (bicyclic) bond motifs is 1. The summed E-state index contributed by atoms with van der Waals surface area (Å²) in [6.45, 7) is 13.5. The van der Waals surface area contributed by atoms with E-state index in [4.69, 9.17) is 4.74 Å². The summed E-state index contributed by atoms with van der Waals surface area (Å²) in [7, 11) is 0. The Labute approximate surface area is 151 Å². The van der Waals surface area contributed by atoms with Gasteiger partial charge in [-0.25, -0.2) is 4.79 Å². The van der Waals surface area contributed by atoms with Crippen molar-refractivity contribution in [2.75, 3.05) is 39.3 Å². The lowest BCUT2D eigenvalue weighted by molar-refractivity contribution is 0.0136. The zero-order valence-electron chi connectivity index (χ0n) is 16.3. The molecule has 1 fully saturated rings. The highest BCUT2D eigenvalue weighted by atomic mass is 16.6. The lowest BCUT2D eigenvalue weighted by atomic mass is 9.83. The minimum absolute atomic E-state index is 0.0983. The monoisotopic (exact) mass is 354 g/mol. The van der Waals surface area contributed by atoms with Crippen molar-refractivity contribution < 1.29 is 14.6 Å². The third-order valence-electron chi connectivity index (χ3n) is 5.32. The zero-order chi connectivity index (χ0) is 18.7. The smallest absolute Gasteiger partial charge is 0.410 e. The van der Waals surface area contributed by atoms with Crippen LogP contribution < -0.4 is 5.32 Å². The van der Waals surface area contributed by atoms with E-state index < -0.39 is 5.60 Å². The van der Waals surface area contributed by atoms with Gasteiger partial charge in [-0.2, -0.15) is 0 Å². The molecule has 1 atom stereocenters. The molecule has 0 bridgehead atoms. The lowest BCUT2D eigenvalue weighted by Crippen LogP contribution is -2.58. The molecule has 1 amide bonds. The third-order valence-corrected chi connectivity index (χ3v) is 5.32. The summed E-state index contributed by atoms with van der Waals surface area (Å²) in [6, 6.07) is 0.204. The van der Waals surface area contributed by atoms with Crippen LogP contribution >= 0.6 is 0 Å². The van der Waals surface area contributed by atoms with Crippen LogP contribution in [0.5, 0.6) is 0 Å². The highest BCUT2D eigenvalue weighted by molar-refractivity contribution is 5.82. The molecule has 0 aromatic rings. The minimum Gasteiger partial charge on any atom is -0.444 e. The number of piperazine rings is 1. The Morgan fingerprint density at radius 3 is 2.56 bits per heavy atom. The molecule has 25 heavy (non-hydrogen) atoms. The Hall–Kier alpha value is -1.50. The second-order valence-corrected chi connectivity index (χ2v) is 8.16. The SMILES string of the molecule is CCC(CC)(CO)CNC1=NCC2CN(C(=O)OC(C)(C)C)CCN12. The van der Waals surface area contributed by atoms with Crippen molar-refractivity contribution in [1.82, 2.24) is 15.1 Å². The third kappa shape index (κ3) is 4.77. The van der Waals surface area contributed by atoms with Gasteiger partial charge in [-0.3, -0.25) is 4.99 Å². The normalized spacial score (nSPS) is 21.0. The van der Waals surface area contributed by atoms with E-state index in [1.54, 1.807) is 4.90 Å². The van der Waals surface area contributed by atoms with Crippen molar-refractivity contribution in [3.05, 3.63) is 0 Å². The van der Waals surface area contributed by atoms with Crippen LogP contribution in [0.15, 0.2) is 4.99 Å². The number of ether oxygens (including phenoxy) is 1. The standard InChI is InChI=1S/C18H34N4O3/c1-6-18(7-2,13-23)12-20-15-19-10-14-11-21(8-9-22(14)15)16(24)25-17(3,4)5/h14,23H,6-13H2,1-5H3,(H,19,20).